The molecule has 0 bridgehead atoms. The van der Waals surface area contributed by atoms with Gasteiger partial charge in [0.2, 0.25) is 0 Å². The van der Waals surface area contributed by atoms with Crippen molar-refractivity contribution >= 4 is 11.9 Å². The summed E-state index contributed by atoms with van der Waals surface area (Å²) in [6.07, 6.45) is -25.7. The van der Waals surface area contributed by atoms with Crippen LogP contribution in [0.1, 0.15) is 13.3 Å². The van der Waals surface area contributed by atoms with Crippen LogP contribution in [0.4, 0.5) is 0 Å². The third-order valence-electron chi connectivity index (χ3n) is 7.75. The van der Waals surface area contributed by atoms with E-state index in [1.54, 1.807) is 0 Å². The van der Waals surface area contributed by atoms with Crippen LogP contribution in [0.2, 0.25) is 0 Å². The molecule has 0 unspecified atom stereocenters. The number of aliphatic hydroxyl groups excluding tert-OH is 10. The van der Waals surface area contributed by atoms with E-state index >= 15 is 0 Å². The van der Waals surface area contributed by atoms with Gasteiger partial charge in [0.1, 0.15) is 73.2 Å². The second-order valence-corrected chi connectivity index (χ2v) is 11.0. The van der Waals surface area contributed by atoms with Crippen LogP contribution in [-0.2, 0) is 33.2 Å². The summed E-state index contributed by atoms with van der Waals surface area (Å²) in [6.45, 7) is 1.52. The zero-order valence-corrected chi connectivity index (χ0v) is 27.6. The van der Waals surface area contributed by atoms with Crippen molar-refractivity contribution in [2.45, 2.75) is 111 Å². The summed E-state index contributed by atoms with van der Waals surface area (Å²) in [6, 6.07) is -1.66. The molecule has 0 saturated carbocycles. The van der Waals surface area contributed by atoms with E-state index in [-0.39, 0.29) is 36.2 Å². The van der Waals surface area contributed by atoms with E-state index in [9.17, 15) is 66.1 Å². The number of aliphatic hydroxyl groups is 10. The standard InChI is InChI=1S/C26H43NO19.Na/c1-3-4-41-23-18(37)17(36)20(13(8-30)43-23)44-24-19(38)22(16(35)12(7-29)42-24)46-26(25(39)40)5-10(32)14(27-9(2)31)21(45-26)15(34)11(33)6-28;/h3,10-24,28-30,32-38H,1,4-8H2,2H3,(H,27,31)(H,39,40);/q;+1/p-1/t10-,11+,12+,13+,14+,15+,16-,17+,18+,19+,20+,21+,22-,23+,24-,26-;/m0./s1. The number of carboxylic acid groups (broad SMARTS) is 1. The molecule has 47 heavy (non-hydrogen) atoms. The van der Waals surface area contributed by atoms with Crippen molar-refractivity contribution in [1.29, 1.82) is 0 Å². The van der Waals surface area contributed by atoms with Crippen LogP contribution in [0.15, 0.2) is 17.6 Å². The predicted molar refractivity (Wildman–Crippen MR) is 143 cm³/mol. The Labute approximate surface area is 290 Å². The number of ether oxygens (including phenoxy) is 6. The van der Waals surface area contributed by atoms with Crippen LogP contribution in [0, 0.1) is 0 Å². The maximum atomic E-state index is 12.6. The van der Waals surface area contributed by atoms with Crippen LogP contribution in [0.5, 0.6) is 0 Å². The Bertz CT molecular complexity index is 1040. The number of hydrogen-bond donors (Lipinski definition) is 11. The van der Waals surface area contributed by atoms with Crippen LogP contribution >= 0.6 is 0 Å². The molecule has 3 aliphatic heterocycles. The van der Waals surface area contributed by atoms with Gasteiger partial charge in [-0.3, -0.25) is 4.99 Å². The normalized spacial score (nSPS) is 42.6. The molecular formula is C26H42NNaO19. The number of rotatable bonds is 14. The molecule has 0 aromatic carbocycles. The quantitative estimate of drug-likeness (QED) is 0.0348. The summed E-state index contributed by atoms with van der Waals surface area (Å²) in [5.41, 5.74) is 0. The summed E-state index contributed by atoms with van der Waals surface area (Å²) in [7, 11) is 0. The Hall–Kier alpha value is -0.960. The van der Waals surface area contributed by atoms with Gasteiger partial charge in [-0.25, -0.2) is 4.79 Å². The first-order valence-electron chi connectivity index (χ1n) is 14.2. The second-order valence-electron chi connectivity index (χ2n) is 11.0. The first-order chi connectivity index (χ1) is 21.7. The maximum Gasteiger partial charge on any atom is 1.00 e. The molecule has 0 aromatic heterocycles. The SMILES string of the molecule is C=CCO[C@@H]1O[C@H](CO)[C@@H](O[C@@H]2O[C@H](CO)[C@H](O)[C@H](O[C@]3(C(=O)O)C[C@H](O)[C@@H](N=C(C)[O-])[C@H]([C@H](O)[C@H](O)CO)O3)[C@H]2O)[C@H](O)[C@H]1O.[Na+]. The molecule has 3 fully saturated rings. The van der Waals surface area contributed by atoms with Gasteiger partial charge in [0, 0.05) is 6.42 Å². The van der Waals surface area contributed by atoms with E-state index in [0.717, 1.165) is 6.92 Å². The van der Waals surface area contributed by atoms with Gasteiger partial charge in [-0.1, -0.05) is 6.08 Å². The van der Waals surface area contributed by atoms with Gasteiger partial charge in [-0.15, -0.1) is 6.58 Å². The summed E-state index contributed by atoms with van der Waals surface area (Å²) >= 11 is 0. The van der Waals surface area contributed by atoms with Gasteiger partial charge in [0.25, 0.3) is 5.79 Å². The molecule has 3 heterocycles. The average molecular weight is 696 g/mol. The molecule has 3 saturated heterocycles. The van der Waals surface area contributed by atoms with Crippen LogP contribution < -0.4 is 34.7 Å². The van der Waals surface area contributed by atoms with Gasteiger partial charge in [0.05, 0.1) is 32.5 Å². The van der Waals surface area contributed by atoms with Gasteiger partial charge in [0.15, 0.2) is 12.6 Å². The fraction of sp³-hybridized carbons (Fsp3) is 0.846. The van der Waals surface area contributed by atoms with Gasteiger partial charge < -0.3 is 89.7 Å². The third kappa shape index (κ3) is 9.43. The Morgan fingerprint density at radius 1 is 1.00 bits per heavy atom. The van der Waals surface area contributed by atoms with Gasteiger partial charge in [-0.2, -0.15) is 0 Å². The predicted octanol–water partition coefficient (Wildman–Crippen LogP) is -10.4. The molecule has 0 radical (unpaired) electrons. The first kappa shape index (κ1) is 42.2. The minimum absolute atomic E-state index is 0. The summed E-state index contributed by atoms with van der Waals surface area (Å²) in [5, 5.41) is 126. The number of carbonyl (C=O) groups is 1. The van der Waals surface area contributed by atoms with E-state index in [2.05, 4.69) is 11.6 Å². The summed E-state index contributed by atoms with van der Waals surface area (Å²) in [4.78, 5) is 16.2. The van der Waals surface area contributed by atoms with E-state index in [4.69, 9.17) is 28.4 Å². The first-order valence-corrected chi connectivity index (χ1v) is 14.2. The van der Waals surface area contributed by atoms with Crippen molar-refractivity contribution in [2.24, 2.45) is 4.99 Å². The topological polar surface area (TPSA) is 330 Å². The second kappa shape index (κ2) is 18.3. The molecule has 20 nitrogen and oxygen atoms in total. The Morgan fingerprint density at radius 2 is 1.62 bits per heavy atom. The molecule has 266 valence electrons. The number of nitrogens with zero attached hydrogens (tertiary/aromatic N) is 1. The fourth-order valence-electron chi connectivity index (χ4n) is 5.39. The fourth-order valence-corrected chi connectivity index (χ4v) is 5.39. The third-order valence-corrected chi connectivity index (χ3v) is 7.75. The van der Waals surface area contributed by atoms with E-state index in [1.807, 2.05) is 0 Å². The molecular weight excluding hydrogens is 653 g/mol. The van der Waals surface area contributed by atoms with Gasteiger partial charge in [-0.05, 0) is 12.8 Å². The molecule has 0 spiro atoms. The zero-order chi connectivity index (χ0) is 34.5. The monoisotopic (exact) mass is 695 g/mol. The Kier molecular flexibility index (Phi) is 16.5. The largest absolute Gasteiger partial charge is 1.00 e. The minimum atomic E-state index is -3.04. The summed E-state index contributed by atoms with van der Waals surface area (Å²) in [5.74, 6) is -5.88. The number of aliphatic imine (C=N–C) groups is 1. The van der Waals surface area contributed by atoms with Crippen molar-refractivity contribution in [3.05, 3.63) is 12.7 Å². The number of aliphatic carboxylic acids is 1. The number of carboxylic acids is 1. The Balaban J connectivity index is 0.00000768. The van der Waals surface area contributed by atoms with Crippen molar-refractivity contribution in [3.8, 4) is 0 Å². The van der Waals surface area contributed by atoms with E-state index in [1.165, 1.54) is 6.08 Å². The molecule has 3 aliphatic rings. The number of hydrogen-bond acceptors (Lipinski definition) is 19. The van der Waals surface area contributed by atoms with E-state index < -0.39 is 136 Å². The zero-order valence-electron chi connectivity index (χ0n) is 25.6. The molecule has 21 heteroatoms. The molecule has 0 amide bonds. The molecule has 16 atom stereocenters. The van der Waals surface area contributed by atoms with Crippen LogP contribution in [-0.4, -0.2) is 192 Å². The van der Waals surface area contributed by atoms with Crippen molar-refractivity contribution < 1.29 is 124 Å². The molecule has 0 aliphatic carbocycles. The van der Waals surface area contributed by atoms with E-state index in [0.29, 0.717) is 0 Å². The van der Waals surface area contributed by atoms with Crippen LogP contribution in [0.25, 0.3) is 0 Å². The molecule has 11 N–H and O–H groups in total. The van der Waals surface area contributed by atoms with Crippen molar-refractivity contribution in [3.63, 3.8) is 0 Å². The Morgan fingerprint density at radius 3 is 2.15 bits per heavy atom. The minimum Gasteiger partial charge on any atom is -0.862 e. The smallest absolute Gasteiger partial charge is 0.862 e. The van der Waals surface area contributed by atoms with Crippen molar-refractivity contribution in [2.75, 3.05) is 26.4 Å². The average Bonchev–Trinajstić information content (AvgIpc) is 3.02. The van der Waals surface area contributed by atoms with Crippen LogP contribution in [0.3, 0.4) is 0 Å². The van der Waals surface area contributed by atoms with Gasteiger partial charge >= 0.3 is 35.5 Å². The maximum absolute atomic E-state index is 12.6. The summed E-state index contributed by atoms with van der Waals surface area (Å²) < 4.78 is 32.8. The molecule has 3 rings (SSSR count). The van der Waals surface area contributed by atoms with Crippen molar-refractivity contribution in [1.82, 2.24) is 0 Å². The molecule has 0 aromatic rings.